The summed E-state index contributed by atoms with van der Waals surface area (Å²) < 4.78 is 0. The zero-order chi connectivity index (χ0) is 19.7. The van der Waals surface area contributed by atoms with Gasteiger partial charge >= 0.3 is 0 Å². The Balaban J connectivity index is 1.36. The topological polar surface area (TPSA) is 66.5 Å². The van der Waals surface area contributed by atoms with E-state index in [1.165, 1.54) is 4.90 Å². The number of hydrogen-bond donors (Lipinski definition) is 1. The second-order valence-electron chi connectivity index (χ2n) is 7.67. The Morgan fingerprint density at radius 3 is 2.00 bits per heavy atom. The molecule has 1 aliphatic carbocycles. The highest BCUT2D eigenvalue weighted by atomic mass is 16.2. The number of benzene rings is 2. The second-order valence-corrected chi connectivity index (χ2v) is 7.67. The van der Waals surface area contributed by atoms with Gasteiger partial charge in [0.05, 0.1) is 17.2 Å². The fourth-order valence-electron chi connectivity index (χ4n) is 4.29. The highest BCUT2D eigenvalue weighted by Gasteiger charge is 2.41. The Morgan fingerprint density at radius 2 is 1.43 bits per heavy atom. The number of carbonyl (C=O) groups excluding carboxylic acids is 3. The lowest BCUT2D eigenvalue weighted by molar-refractivity contribution is -0.126. The summed E-state index contributed by atoms with van der Waals surface area (Å²) in [6.07, 6.45) is 2.71. The lowest BCUT2D eigenvalue weighted by Gasteiger charge is -2.33. The van der Waals surface area contributed by atoms with Crippen molar-refractivity contribution in [2.45, 2.75) is 44.7 Å². The van der Waals surface area contributed by atoms with E-state index in [0.29, 0.717) is 36.8 Å². The number of rotatable bonds is 4. The first-order chi connectivity index (χ1) is 13.6. The van der Waals surface area contributed by atoms with Crippen LogP contribution in [0.1, 0.15) is 64.9 Å². The lowest BCUT2D eigenvalue weighted by atomic mass is 9.84. The largest absolute Gasteiger partial charge is 0.349 e. The van der Waals surface area contributed by atoms with Crippen molar-refractivity contribution in [2.24, 2.45) is 5.92 Å². The Bertz CT molecular complexity index is 866. The van der Waals surface area contributed by atoms with Crippen molar-refractivity contribution in [3.05, 3.63) is 71.3 Å². The fraction of sp³-hybridized carbons (Fsp3) is 0.348. The Morgan fingerprint density at radius 1 is 0.893 bits per heavy atom. The number of carbonyl (C=O) groups is 3. The van der Waals surface area contributed by atoms with Crippen LogP contribution in [0.4, 0.5) is 0 Å². The third-order valence-corrected chi connectivity index (χ3v) is 5.92. The van der Waals surface area contributed by atoms with E-state index in [-0.39, 0.29) is 35.7 Å². The monoisotopic (exact) mass is 376 g/mol. The summed E-state index contributed by atoms with van der Waals surface area (Å²) >= 11 is 0. The summed E-state index contributed by atoms with van der Waals surface area (Å²) in [6, 6.07) is 16.7. The van der Waals surface area contributed by atoms with Crippen molar-refractivity contribution in [3.8, 4) is 0 Å². The minimum atomic E-state index is -0.203. The smallest absolute Gasteiger partial charge is 0.261 e. The number of nitrogens with one attached hydrogen (secondary N) is 1. The molecule has 5 nitrogen and oxygen atoms in total. The standard InChI is InChI=1S/C23H24N2O3/c1-15(16-7-3-2-4-8-16)24-21(26)17-11-13-18(14-12-17)25-22(27)19-9-5-6-10-20(19)23(25)28/h2-10,15,17-18H,11-14H2,1H3,(H,24,26). The van der Waals surface area contributed by atoms with Crippen LogP contribution in [0.15, 0.2) is 54.6 Å². The summed E-state index contributed by atoms with van der Waals surface area (Å²) in [6.45, 7) is 1.98. The maximum absolute atomic E-state index is 12.7. The summed E-state index contributed by atoms with van der Waals surface area (Å²) in [4.78, 5) is 39.4. The van der Waals surface area contributed by atoms with Crippen LogP contribution >= 0.6 is 0 Å². The molecule has 2 aromatic carbocycles. The zero-order valence-corrected chi connectivity index (χ0v) is 15.9. The van der Waals surface area contributed by atoms with Gasteiger partial charge in [0.1, 0.15) is 0 Å². The fourth-order valence-corrected chi connectivity index (χ4v) is 4.29. The van der Waals surface area contributed by atoms with Crippen LogP contribution in [0.3, 0.4) is 0 Å². The van der Waals surface area contributed by atoms with Gasteiger partial charge < -0.3 is 5.32 Å². The number of nitrogens with zero attached hydrogens (tertiary/aromatic N) is 1. The van der Waals surface area contributed by atoms with Gasteiger partial charge in [0, 0.05) is 12.0 Å². The van der Waals surface area contributed by atoms with Gasteiger partial charge in [-0.1, -0.05) is 42.5 Å². The van der Waals surface area contributed by atoms with Crippen LogP contribution in [0, 0.1) is 5.92 Å². The predicted molar refractivity (Wildman–Crippen MR) is 106 cm³/mol. The molecule has 3 amide bonds. The van der Waals surface area contributed by atoms with Gasteiger partial charge in [-0.15, -0.1) is 0 Å². The molecule has 0 bridgehead atoms. The third-order valence-electron chi connectivity index (χ3n) is 5.92. The molecule has 0 radical (unpaired) electrons. The molecule has 5 heteroatoms. The van der Waals surface area contributed by atoms with E-state index in [1.54, 1.807) is 24.3 Å². The van der Waals surface area contributed by atoms with Gasteiger partial charge in [-0.25, -0.2) is 0 Å². The van der Waals surface area contributed by atoms with E-state index in [1.807, 2.05) is 37.3 Å². The molecule has 2 aromatic rings. The number of hydrogen-bond acceptors (Lipinski definition) is 3. The molecule has 1 atom stereocenters. The molecule has 2 aliphatic rings. The maximum atomic E-state index is 12.7. The normalized spacial score (nSPS) is 22.7. The average Bonchev–Trinajstić information content (AvgIpc) is 2.99. The van der Waals surface area contributed by atoms with E-state index in [2.05, 4.69) is 5.32 Å². The van der Waals surface area contributed by atoms with Crippen molar-refractivity contribution in [1.82, 2.24) is 10.2 Å². The van der Waals surface area contributed by atoms with Crippen molar-refractivity contribution in [3.63, 3.8) is 0 Å². The first-order valence-electron chi connectivity index (χ1n) is 9.88. The van der Waals surface area contributed by atoms with Crippen molar-refractivity contribution < 1.29 is 14.4 Å². The van der Waals surface area contributed by atoms with Gasteiger partial charge in [-0.3, -0.25) is 19.3 Å². The van der Waals surface area contributed by atoms with Crippen LogP contribution in [0.2, 0.25) is 0 Å². The summed E-state index contributed by atoms with van der Waals surface area (Å²) in [5.41, 5.74) is 2.06. The first-order valence-corrected chi connectivity index (χ1v) is 9.88. The van der Waals surface area contributed by atoms with Gasteiger partial charge in [0.15, 0.2) is 0 Å². The summed E-state index contributed by atoms with van der Waals surface area (Å²) in [7, 11) is 0. The van der Waals surface area contributed by atoms with Gasteiger partial charge in [-0.05, 0) is 50.3 Å². The number of imide groups is 1. The maximum Gasteiger partial charge on any atom is 0.261 e. The van der Waals surface area contributed by atoms with E-state index < -0.39 is 0 Å². The minimum Gasteiger partial charge on any atom is -0.349 e. The Hall–Kier alpha value is -2.95. The molecular weight excluding hydrogens is 352 g/mol. The third kappa shape index (κ3) is 3.33. The molecule has 1 unspecified atom stereocenters. The zero-order valence-electron chi connectivity index (χ0n) is 15.9. The summed E-state index contributed by atoms with van der Waals surface area (Å²) in [5, 5.41) is 3.10. The molecule has 4 rings (SSSR count). The SMILES string of the molecule is CC(NC(=O)C1CCC(N2C(=O)c3ccccc3C2=O)CC1)c1ccccc1. The molecular formula is C23H24N2O3. The second kappa shape index (κ2) is 7.58. The van der Waals surface area contributed by atoms with Gasteiger partial charge in [0.25, 0.3) is 11.8 Å². The molecule has 1 N–H and O–H groups in total. The highest BCUT2D eigenvalue weighted by Crippen LogP contribution is 2.33. The van der Waals surface area contributed by atoms with Crippen LogP contribution in [-0.4, -0.2) is 28.7 Å². The van der Waals surface area contributed by atoms with E-state index in [9.17, 15) is 14.4 Å². The van der Waals surface area contributed by atoms with Crippen LogP contribution in [0.5, 0.6) is 0 Å². The van der Waals surface area contributed by atoms with E-state index >= 15 is 0 Å². The predicted octanol–water partition coefficient (Wildman–Crippen LogP) is 3.72. The van der Waals surface area contributed by atoms with E-state index in [0.717, 1.165) is 5.56 Å². The van der Waals surface area contributed by atoms with E-state index in [4.69, 9.17) is 0 Å². The number of amides is 3. The quantitative estimate of drug-likeness (QED) is 0.827. The van der Waals surface area contributed by atoms with Crippen LogP contribution in [0.25, 0.3) is 0 Å². The van der Waals surface area contributed by atoms with Crippen LogP contribution in [-0.2, 0) is 4.79 Å². The average molecular weight is 376 g/mol. The molecule has 1 fully saturated rings. The Kier molecular flexibility index (Phi) is 4.99. The number of fused-ring (bicyclic) bond motifs is 1. The van der Waals surface area contributed by atoms with Gasteiger partial charge in [0.2, 0.25) is 5.91 Å². The summed E-state index contributed by atoms with van der Waals surface area (Å²) in [5.74, 6) is -0.424. The highest BCUT2D eigenvalue weighted by molar-refractivity contribution is 6.21. The van der Waals surface area contributed by atoms with Crippen molar-refractivity contribution in [1.29, 1.82) is 0 Å². The first kappa shape index (κ1) is 18.4. The molecule has 0 aromatic heterocycles. The molecule has 144 valence electrons. The molecule has 1 saturated carbocycles. The van der Waals surface area contributed by atoms with Crippen LogP contribution < -0.4 is 5.32 Å². The molecule has 28 heavy (non-hydrogen) atoms. The van der Waals surface area contributed by atoms with Crippen molar-refractivity contribution >= 4 is 17.7 Å². The molecule has 1 heterocycles. The molecule has 0 saturated heterocycles. The molecule has 0 spiro atoms. The van der Waals surface area contributed by atoms with Gasteiger partial charge in [-0.2, -0.15) is 0 Å². The Labute approximate surface area is 164 Å². The molecule has 1 aliphatic heterocycles. The minimum absolute atomic E-state index is 0.0392. The van der Waals surface area contributed by atoms with Crippen molar-refractivity contribution in [2.75, 3.05) is 0 Å². The lowest BCUT2D eigenvalue weighted by Crippen LogP contribution is -2.44.